The SMILES string of the molecule is C#CC.C/C=C/c1ccccc1.C/C=C\c1ccccc1.CC#CC.CC#CC1CCCCC1.CC#CCO.CC#CCOC.CC#C[Si](C)(C)C.CC#Cc1ccc(Cl)cc1.CC#Cc1ccc(F)cc1.CC#Cc1ccc(OC)cc1.CC#Cc1ccccc1.CCCc1ccccc1.Cc1cc(Cl)cs1.Cc1ccc(Cl)s1. The van der Waals surface area contributed by atoms with Crippen LogP contribution >= 0.6 is 57.5 Å². The molecule has 0 aliphatic heterocycles. The van der Waals surface area contributed by atoms with Crippen molar-refractivity contribution in [1.82, 2.24) is 0 Å². The number of methoxy groups -OCH3 is 2. The van der Waals surface area contributed by atoms with Gasteiger partial charge in [-0.3, -0.25) is 0 Å². The van der Waals surface area contributed by atoms with Crippen LogP contribution in [0.3, 0.4) is 0 Å². The molecule has 1 N–H and O–H groups in total. The lowest BCUT2D eigenvalue weighted by atomic mass is 9.90. The van der Waals surface area contributed by atoms with Crippen molar-refractivity contribution in [3.63, 3.8) is 0 Å². The highest BCUT2D eigenvalue weighted by atomic mass is 35.5. The Morgan fingerprint density at radius 2 is 0.913 bits per heavy atom. The van der Waals surface area contributed by atoms with Gasteiger partial charge in [0.05, 0.1) is 16.5 Å². The largest absolute Gasteiger partial charge is 0.497 e. The molecule has 1 aliphatic carbocycles. The minimum atomic E-state index is -1.02. The van der Waals surface area contributed by atoms with Crippen LogP contribution in [0.5, 0.6) is 5.75 Å². The third-order valence-electron chi connectivity index (χ3n) is 13.1. The smallest absolute Gasteiger partial charge is 0.129 e. The van der Waals surface area contributed by atoms with Crippen molar-refractivity contribution in [1.29, 1.82) is 0 Å². The Morgan fingerprint density at radius 3 is 1.18 bits per heavy atom. The minimum Gasteiger partial charge on any atom is -0.497 e. The van der Waals surface area contributed by atoms with Crippen LogP contribution in [0.25, 0.3) is 12.2 Å². The van der Waals surface area contributed by atoms with Crippen LogP contribution in [-0.2, 0) is 11.2 Å². The van der Waals surface area contributed by atoms with E-state index in [0.29, 0.717) is 6.61 Å². The molecule has 1 saturated carbocycles. The third kappa shape index (κ3) is 83.0. The molecule has 0 unspecified atom stereocenters. The Hall–Kier alpha value is -10.2. The second kappa shape index (κ2) is 86.2. The van der Waals surface area contributed by atoms with Gasteiger partial charge in [-0.25, -0.2) is 4.39 Å². The van der Waals surface area contributed by atoms with Gasteiger partial charge in [-0.05, 0) is 243 Å². The number of allylic oxidation sites excluding steroid dienone is 2. The normalized spacial score (nSPS) is 9.26. The molecule has 606 valence electrons. The number of aliphatic hydroxyl groups excluding tert-OH is 1. The van der Waals surface area contributed by atoms with E-state index in [-0.39, 0.29) is 12.4 Å². The number of aryl methyl sites for hydroxylation is 3. The molecule has 0 spiro atoms. The van der Waals surface area contributed by atoms with Crippen molar-refractivity contribution in [2.24, 2.45) is 5.92 Å². The molecular formula is C105H124Cl3FO3S2Si. The van der Waals surface area contributed by atoms with Gasteiger partial charge in [-0.2, -0.15) is 0 Å². The van der Waals surface area contributed by atoms with E-state index in [1.807, 2.05) is 227 Å². The number of aliphatic hydroxyl groups is 1. The van der Waals surface area contributed by atoms with Crippen molar-refractivity contribution in [3.8, 4) is 124 Å². The van der Waals surface area contributed by atoms with Gasteiger partial charge in [0, 0.05) is 55.4 Å². The lowest BCUT2D eigenvalue weighted by Gasteiger charge is -2.15. The van der Waals surface area contributed by atoms with Gasteiger partial charge in [0.2, 0.25) is 0 Å². The Morgan fingerprint density at radius 1 is 0.496 bits per heavy atom. The van der Waals surface area contributed by atoms with E-state index in [0.717, 1.165) is 48.3 Å². The average molecular weight is 1650 g/mol. The number of halogens is 4. The first-order valence-corrected chi connectivity index (χ1v) is 44.0. The first-order chi connectivity index (χ1) is 55.5. The molecule has 1 fully saturated rings. The van der Waals surface area contributed by atoms with Crippen molar-refractivity contribution < 1.29 is 19.0 Å². The minimum absolute atomic E-state index is 0.0174. The van der Waals surface area contributed by atoms with E-state index in [1.165, 1.54) is 83.5 Å². The van der Waals surface area contributed by atoms with Gasteiger partial charge in [-0.1, -0.05) is 256 Å². The molecule has 1 aliphatic rings. The molecule has 7 aromatic carbocycles. The summed E-state index contributed by atoms with van der Waals surface area (Å²) in [7, 11) is 2.26. The quantitative estimate of drug-likeness (QED) is 0.133. The maximum absolute atomic E-state index is 12.3. The van der Waals surface area contributed by atoms with E-state index in [2.05, 4.69) is 217 Å². The summed E-state index contributed by atoms with van der Waals surface area (Å²) in [5, 5.41) is 11.4. The number of rotatable bonds is 6. The molecule has 10 rings (SSSR count). The number of ether oxygens (including phenoxy) is 2. The Labute approximate surface area is 722 Å². The van der Waals surface area contributed by atoms with Crippen LogP contribution < -0.4 is 4.74 Å². The molecule has 0 radical (unpaired) electrons. The first kappa shape index (κ1) is 113. The zero-order valence-corrected chi connectivity index (χ0v) is 77.1. The van der Waals surface area contributed by atoms with Crippen molar-refractivity contribution in [2.45, 2.75) is 175 Å². The van der Waals surface area contributed by atoms with Gasteiger partial charge in [0.25, 0.3) is 0 Å². The highest BCUT2D eigenvalue weighted by Crippen LogP contribution is 2.23. The van der Waals surface area contributed by atoms with E-state index >= 15 is 0 Å². The highest BCUT2D eigenvalue weighted by molar-refractivity contribution is 7.16. The predicted molar refractivity (Wildman–Crippen MR) is 515 cm³/mol. The molecule has 3 nitrogen and oxygen atoms in total. The summed E-state index contributed by atoms with van der Waals surface area (Å²) < 4.78 is 22.8. The number of benzene rings is 7. The summed E-state index contributed by atoms with van der Waals surface area (Å²) >= 11 is 20.1. The summed E-state index contributed by atoms with van der Waals surface area (Å²) in [6.45, 7) is 37.4. The fraction of sp³-hybridized carbons (Fsp3) is 0.295. The number of thiophene rings is 2. The Kier molecular flexibility index (Phi) is 84.9. The third-order valence-corrected chi connectivity index (χ3v) is 16.7. The van der Waals surface area contributed by atoms with Crippen molar-refractivity contribution >= 4 is 77.7 Å². The van der Waals surface area contributed by atoms with Crippen molar-refractivity contribution in [3.05, 3.63) is 299 Å². The fourth-order valence-electron chi connectivity index (χ4n) is 8.15. The molecule has 10 heteroatoms. The highest BCUT2D eigenvalue weighted by Gasteiger charge is 2.09. The van der Waals surface area contributed by atoms with Crippen LogP contribution in [0, 0.1) is 144 Å². The predicted octanol–water partition coefficient (Wildman–Crippen LogP) is 29.3. The summed E-state index contributed by atoms with van der Waals surface area (Å²) in [6, 6.07) is 68.2. The van der Waals surface area contributed by atoms with Crippen LogP contribution in [0.2, 0.25) is 34.0 Å². The number of terminal acetylenes is 1. The number of hydrogen-bond acceptors (Lipinski definition) is 5. The van der Waals surface area contributed by atoms with E-state index in [4.69, 9.17) is 44.6 Å². The van der Waals surface area contributed by atoms with Crippen LogP contribution in [0.4, 0.5) is 4.39 Å². The van der Waals surface area contributed by atoms with E-state index in [9.17, 15) is 4.39 Å². The average Bonchev–Trinajstić information content (AvgIpc) is 1.63. The zero-order valence-electron chi connectivity index (χ0n) is 72.2. The summed E-state index contributed by atoms with van der Waals surface area (Å²) in [5.41, 5.74) is 11.1. The van der Waals surface area contributed by atoms with E-state index < -0.39 is 8.07 Å². The van der Waals surface area contributed by atoms with Gasteiger partial charge >= 0.3 is 0 Å². The molecule has 115 heavy (non-hydrogen) atoms. The summed E-state index contributed by atoms with van der Waals surface area (Å²) in [4.78, 5) is 2.54. The molecule has 0 bridgehead atoms. The summed E-state index contributed by atoms with van der Waals surface area (Å²) in [5.74, 6) is 51.4. The molecule has 2 aromatic heterocycles. The molecular weight excluding hydrogens is 1530 g/mol. The maximum Gasteiger partial charge on any atom is 0.129 e. The molecule has 0 amide bonds. The molecule has 9 aromatic rings. The van der Waals surface area contributed by atoms with Gasteiger partial charge in [0.15, 0.2) is 0 Å². The van der Waals surface area contributed by atoms with Gasteiger partial charge < -0.3 is 14.6 Å². The maximum atomic E-state index is 12.3. The molecule has 0 saturated heterocycles. The summed E-state index contributed by atoms with van der Waals surface area (Å²) in [6.07, 6.45) is 22.2. The molecule has 0 atom stereocenters. The van der Waals surface area contributed by atoms with Crippen LogP contribution in [0.1, 0.15) is 184 Å². The standard InChI is InChI=1S/C10H10O.C9H7Cl.C9H7F.C9H14.C9H12.2C9H10.C9H8.C6H12Si.2C5H5ClS.C5H8O.C4H6O.C4H6.C3H4/c1-3-4-9-5-7-10(11-2)8-6-9;2*1-2-3-8-4-6-9(10)7-5-8;5*1-2-6-9-7-4-3-5-8-9;1-5-6-7(2,3)4;1-4-2-5(6)3-7-4;1-4-2-3-5(6)7-4;1-3-4-5-6-2;1-2-3-4-5;1-3-4-2;1-3-2/h5-8H,1-2H3;2*4-7H,1H3;9H,3-5,7-8H2,1H3;3-5,7-8H,2,6H2,1H3;2*2-8H,1H3;3-5,7-8H,1H3;1-4H3;2*2-3H,1H3;5H2,1-2H3;5H,4H2,1H3;1-2H3;1H,2H3/b;;;;;6-2+;6-2-;;;;;;;;. The number of hydrogen-bond donors (Lipinski definition) is 1. The Balaban J connectivity index is -0.000000379. The lowest BCUT2D eigenvalue weighted by molar-refractivity contribution is 0.239. The van der Waals surface area contributed by atoms with Crippen molar-refractivity contribution in [2.75, 3.05) is 27.4 Å². The Bertz CT molecular complexity index is 4330. The monoisotopic (exact) mass is 1650 g/mol. The second-order valence-corrected chi connectivity index (χ2v) is 32.6. The topological polar surface area (TPSA) is 38.7 Å². The second-order valence-electron chi connectivity index (χ2n) is 24.0. The van der Waals surface area contributed by atoms with E-state index in [1.54, 1.807) is 76.7 Å². The first-order valence-electron chi connectivity index (χ1n) is 37.7. The van der Waals surface area contributed by atoms with Gasteiger partial charge in [0.1, 0.15) is 32.9 Å². The zero-order chi connectivity index (χ0) is 87.1. The van der Waals surface area contributed by atoms with Crippen LogP contribution in [-0.4, -0.2) is 40.6 Å². The molecule has 2 heterocycles. The van der Waals surface area contributed by atoms with Gasteiger partial charge in [-0.15, -0.1) is 106 Å². The lowest BCUT2D eigenvalue weighted by Crippen LogP contribution is -2.15. The fourth-order valence-corrected chi connectivity index (χ4v) is 11.0. The van der Waals surface area contributed by atoms with Crippen LogP contribution in [0.15, 0.2) is 230 Å².